The van der Waals surface area contributed by atoms with E-state index in [2.05, 4.69) is 11.0 Å². The van der Waals surface area contributed by atoms with Crippen molar-refractivity contribution in [3.05, 3.63) is 63.6 Å². The number of likely N-dealkylation sites (tertiary alicyclic amines) is 1. The number of carbonyl (C=O) groups excluding carboxylic acids is 2. The van der Waals surface area contributed by atoms with Gasteiger partial charge in [0.25, 0.3) is 5.91 Å². The van der Waals surface area contributed by atoms with Gasteiger partial charge in [0, 0.05) is 42.1 Å². The molecule has 3 aliphatic rings. The van der Waals surface area contributed by atoms with Gasteiger partial charge in [-0.05, 0) is 48.7 Å². The number of rotatable bonds is 3. The fourth-order valence-electron chi connectivity index (χ4n) is 5.27. The maximum absolute atomic E-state index is 14.1. The van der Waals surface area contributed by atoms with Crippen LogP contribution in [0.3, 0.4) is 0 Å². The molecule has 5 rings (SSSR count). The van der Waals surface area contributed by atoms with Gasteiger partial charge in [-0.3, -0.25) is 9.69 Å². The molecular weight excluding hydrogens is 447 g/mol. The molecule has 2 saturated heterocycles. The normalized spacial score (nSPS) is 26.1. The summed E-state index contributed by atoms with van der Waals surface area (Å²) in [6.07, 6.45) is 3.40. The molecule has 0 aromatic heterocycles. The average Bonchev–Trinajstić information content (AvgIpc) is 3.19. The van der Waals surface area contributed by atoms with Crippen molar-refractivity contribution in [2.75, 3.05) is 25.0 Å². The predicted molar refractivity (Wildman–Crippen MR) is 123 cm³/mol. The summed E-state index contributed by atoms with van der Waals surface area (Å²) < 4.78 is 0. The molecule has 0 radical (unpaired) electrons. The van der Waals surface area contributed by atoms with Crippen LogP contribution in [0.25, 0.3) is 0 Å². The number of hydrogen-bond donors (Lipinski definition) is 0. The van der Waals surface area contributed by atoms with E-state index in [0.717, 1.165) is 18.4 Å². The molecule has 2 atom stereocenters. The van der Waals surface area contributed by atoms with E-state index < -0.39 is 5.54 Å². The molecule has 0 bridgehead atoms. The van der Waals surface area contributed by atoms with E-state index in [4.69, 9.17) is 23.2 Å². The highest BCUT2D eigenvalue weighted by molar-refractivity contribution is 6.35. The minimum Gasteiger partial charge on any atom is -0.310 e. The van der Waals surface area contributed by atoms with Crippen LogP contribution in [0.5, 0.6) is 0 Å². The molecule has 32 heavy (non-hydrogen) atoms. The summed E-state index contributed by atoms with van der Waals surface area (Å²) in [6.45, 7) is 1.16. The van der Waals surface area contributed by atoms with Crippen molar-refractivity contribution >= 4 is 40.8 Å². The second-order valence-electron chi connectivity index (χ2n) is 8.83. The molecule has 2 heterocycles. The monoisotopic (exact) mass is 468 g/mol. The Kier molecular flexibility index (Phi) is 5.16. The fourth-order valence-corrected chi connectivity index (χ4v) is 5.78. The number of benzene rings is 2. The fraction of sp³-hybridized carbons (Fsp3) is 0.375. The van der Waals surface area contributed by atoms with Crippen LogP contribution in [0.1, 0.15) is 36.3 Å². The van der Waals surface area contributed by atoms with E-state index >= 15 is 0 Å². The van der Waals surface area contributed by atoms with Crippen LogP contribution >= 0.6 is 23.2 Å². The number of nitriles is 1. The molecule has 3 fully saturated rings. The van der Waals surface area contributed by atoms with Gasteiger partial charge in [0.15, 0.2) is 0 Å². The molecular formula is C24H22Cl2N4O2. The molecule has 1 aliphatic carbocycles. The lowest BCUT2D eigenvalue weighted by atomic mass is 9.80. The van der Waals surface area contributed by atoms with E-state index in [9.17, 15) is 14.9 Å². The Balaban J connectivity index is 1.60. The van der Waals surface area contributed by atoms with Crippen LogP contribution < -0.4 is 4.90 Å². The van der Waals surface area contributed by atoms with E-state index in [1.54, 1.807) is 42.3 Å². The van der Waals surface area contributed by atoms with Crippen LogP contribution in [-0.4, -0.2) is 53.5 Å². The molecule has 164 valence electrons. The summed E-state index contributed by atoms with van der Waals surface area (Å²) in [5.74, 6) is -0.475. The Morgan fingerprint density at radius 2 is 1.72 bits per heavy atom. The van der Waals surface area contributed by atoms with E-state index in [0.29, 0.717) is 40.4 Å². The smallest absolute Gasteiger partial charge is 0.310 e. The lowest BCUT2D eigenvalue weighted by Crippen LogP contribution is -2.54. The molecule has 2 aliphatic heterocycles. The second-order valence-corrected chi connectivity index (χ2v) is 9.71. The maximum Gasteiger partial charge on any atom is 0.332 e. The van der Waals surface area contributed by atoms with E-state index in [1.165, 1.54) is 11.3 Å². The number of anilines is 1. The van der Waals surface area contributed by atoms with Crippen molar-refractivity contribution in [2.24, 2.45) is 0 Å². The Morgan fingerprint density at radius 1 is 1.06 bits per heavy atom. The van der Waals surface area contributed by atoms with Crippen molar-refractivity contribution in [1.82, 2.24) is 9.80 Å². The zero-order valence-electron chi connectivity index (χ0n) is 17.6. The Labute approximate surface area is 196 Å². The standard InChI is InChI=1S/C24H22Cl2N4O2/c1-28-23(32)30(20-10-17(25)9-18(26)11-20)22(31)24(28)14-29(19-3-2-4-19)13-21(24)16-7-5-15(12-27)6-8-16/h5-11,19,21H,2-4,13-14H2,1H3. The van der Waals surface area contributed by atoms with Gasteiger partial charge in [-0.25, -0.2) is 9.69 Å². The predicted octanol–water partition coefficient (Wildman–Crippen LogP) is 4.65. The summed E-state index contributed by atoms with van der Waals surface area (Å²) in [5, 5.41) is 9.91. The molecule has 6 nitrogen and oxygen atoms in total. The van der Waals surface area contributed by atoms with Crippen LogP contribution in [0.2, 0.25) is 10.0 Å². The first-order chi connectivity index (χ1) is 15.3. The minimum atomic E-state index is -1.03. The molecule has 2 aromatic carbocycles. The van der Waals surface area contributed by atoms with Gasteiger partial charge < -0.3 is 4.90 Å². The van der Waals surface area contributed by atoms with Crippen molar-refractivity contribution in [3.8, 4) is 6.07 Å². The van der Waals surface area contributed by atoms with Crippen LogP contribution in [0, 0.1) is 11.3 Å². The molecule has 3 amide bonds. The first-order valence-electron chi connectivity index (χ1n) is 10.7. The van der Waals surface area contributed by atoms with E-state index in [1.807, 2.05) is 12.1 Å². The number of hydrogen-bond acceptors (Lipinski definition) is 4. The third-order valence-electron chi connectivity index (χ3n) is 7.23. The first-order valence-corrected chi connectivity index (χ1v) is 11.4. The Hall–Kier alpha value is -2.59. The number of amides is 3. The zero-order chi connectivity index (χ0) is 22.6. The van der Waals surface area contributed by atoms with Gasteiger partial charge in [0.1, 0.15) is 5.54 Å². The number of halogens is 2. The largest absolute Gasteiger partial charge is 0.332 e. The lowest BCUT2D eigenvalue weighted by molar-refractivity contribution is -0.124. The minimum absolute atomic E-state index is 0.211. The zero-order valence-corrected chi connectivity index (χ0v) is 19.1. The topological polar surface area (TPSA) is 67.7 Å². The van der Waals surface area contributed by atoms with Gasteiger partial charge in [0.05, 0.1) is 17.3 Å². The maximum atomic E-state index is 14.1. The third kappa shape index (κ3) is 3.11. The first kappa shape index (κ1) is 21.3. The second kappa shape index (κ2) is 7.77. The highest BCUT2D eigenvalue weighted by Gasteiger charge is 2.64. The van der Waals surface area contributed by atoms with Gasteiger partial charge in [-0.2, -0.15) is 5.26 Å². The van der Waals surface area contributed by atoms with Crippen molar-refractivity contribution < 1.29 is 9.59 Å². The Bertz CT molecular complexity index is 1120. The highest BCUT2D eigenvalue weighted by atomic mass is 35.5. The number of urea groups is 1. The van der Waals surface area contributed by atoms with Crippen molar-refractivity contribution in [2.45, 2.75) is 36.8 Å². The highest BCUT2D eigenvalue weighted by Crippen LogP contribution is 2.48. The van der Waals surface area contributed by atoms with Gasteiger partial charge in [-0.1, -0.05) is 41.8 Å². The SMILES string of the molecule is CN1C(=O)N(c2cc(Cl)cc(Cl)c2)C(=O)C12CN(C1CCC1)CC2c1ccc(C#N)cc1. The summed E-state index contributed by atoms with van der Waals surface area (Å²) in [7, 11) is 1.70. The van der Waals surface area contributed by atoms with Crippen LogP contribution in [0.4, 0.5) is 10.5 Å². The molecule has 1 spiro atoms. The number of carbonyl (C=O) groups is 2. The summed E-state index contributed by atoms with van der Waals surface area (Å²) >= 11 is 12.3. The van der Waals surface area contributed by atoms with Crippen molar-refractivity contribution in [1.29, 1.82) is 5.26 Å². The Morgan fingerprint density at radius 3 is 2.28 bits per heavy atom. The van der Waals surface area contributed by atoms with E-state index in [-0.39, 0.29) is 17.9 Å². The molecule has 1 saturated carbocycles. The number of nitrogens with zero attached hydrogens (tertiary/aromatic N) is 4. The van der Waals surface area contributed by atoms with Gasteiger partial charge in [-0.15, -0.1) is 0 Å². The molecule has 0 N–H and O–H groups in total. The van der Waals surface area contributed by atoms with Crippen LogP contribution in [0.15, 0.2) is 42.5 Å². The average molecular weight is 469 g/mol. The molecule has 2 unspecified atom stereocenters. The quantitative estimate of drug-likeness (QED) is 0.614. The van der Waals surface area contributed by atoms with Crippen LogP contribution in [-0.2, 0) is 4.79 Å². The summed E-state index contributed by atoms with van der Waals surface area (Å²) in [5.41, 5.74) is 0.857. The van der Waals surface area contributed by atoms with Gasteiger partial charge in [0.2, 0.25) is 0 Å². The number of imide groups is 1. The summed E-state index contributed by atoms with van der Waals surface area (Å²) in [4.78, 5) is 32.6. The number of likely N-dealkylation sites (N-methyl/N-ethyl adjacent to an activating group) is 1. The van der Waals surface area contributed by atoms with Crippen molar-refractivity contribution in [3.63, 3.8) is 0 Å². The molecule has 2 aromatic rings. The lowest BCUT2D eigenvalue weighted by Gasteiger charge is -2.36. The summed E-state index contributed by atoms with van der Waals surface area (Å²) in [6, 6.07) is 14.3. The van der Waals surface area contributed by atoms with Gasteiger partial charge >= 0.3 is 6.03 Å². The molecule has 8 heteroatoms. The third-order valence-corrected chi connectivity index (χ3v) is 7.66.